The number of amides is 1. The molecule has 1 aliphatic rings. The molecule has 0 aliphatic carbocycles. The van der Waals surface area contributed by atoms with Crippen molar-refractivity contribution in [3.63, 3.8) is 0 Å². The highest BCUT2D eigenvalue weighted by Gasteiger charge is 2.29. The molecule has 0 bridgehead atoms. The van der Waals surface area contributed by atoms with Crippen molar-refractivity contribution in [1.29, 1.82) is 0 Å². The van der Waals surface area contributed by atoms with Crippen molar-refractivity contribution in [2.45, 2.75) is 45.6 Å². The Bertz CT molecular complexity index is 936. The Balaban J connectivity index is 1.50. The Labute approximate surface area is 158 Å². The molecule has 1 N–H and O–H groups in total. The summed E-state index contributed by atoms with van der Waals surface area (Å²) >= 11 is 0. The van der Waals surface area contributed by atoms with Crippen molar-refractivity contribution in [2.24, 2.45) is 0 Å². The third-order valence-electron chi connectivity index (χ3n) is 5.13. The summed E-state index contributed by atoms with van der Waals surface area (Å²) < 4.78 is 7.80. The maximum Gasteiger partial charge on any atom is 0.274 e. The maximum absolute atomic E-state index is 13.0. The number of nitrogens with one attached hydrogen (secondary N) is 1. The zero-order valence-corrected chi connectivity index (χ0v) is 16.0. The molecule has 0 unspecified atom stereocenters. The Morgan fingerprint density at radius 3 is 2.96 bits per heavy atom. The minimum Gasteiger partial charge on any atom is -0.460 e. The summed E-state index contributed by atoms with van der Waals surface area (Å²) in [7, 11) is 0. The molecule has 3 aromatic rings. The van der Waals surface area contributed by atoms with Crippen LogP contribution in [-0.4, -0.2) is 43.6 Å². The fourth-order valence-electron chi connectivity index (χ4n) is 3.75. The number of likely N-dealkylation sites (tertiary alicyclic amines) is 1. The van der Waals surface area contributed by atoms with Crippen LogP contribution in [0.4, 0.5) is 0 Å². The second-order valence-corrected chi connectivity index (χ2v) is 7.45. The van der Waals surface area contributed by atoms with E-state index in [1.165, 1.54) is 0 Å². The highest BCUT2D eigenvalue weighted by atomic mass is 16.3. The van der Waals surface area contributed by atoms with Crippen molar-refractivity contribution in [2.75, 3.05) is 13.1 Å². The van der Waals surface area contributed by atoms with Gasteiger partial charge in [-0.25, -0.2) is 4.98 Å². The second kappa shape index (κ2) is 7.06. The van der Waals surface area contributed by atoms with Gasteiger partial charge in [-0.3, -0.25) is 9.89 Å². The number of nitrogens with zero attached hydrogens (tertiary/aromatic N) is 4. The lowest BCUT2D eigenvalue weighted by molar-refractivity contribution is 0.0697. The van der Waals surface area contributed by atoms with E-state index in [4.69, 9.17) is 4.42 Å². The van der Waals surface area contributed by atoms with E-state index in [1.807, 2.05) is 36.4 Å². The summed E-state index contributed by atoms with van der Waals surface area (Å²) in [6.45, 7) is 7.61. The lowest BCUT2D eigenvalue weighted by Crippen LogP contribution is -2.40. The highest BCUT2D eigenvalue weighted by Crippen LogP contribution is 2.28. The molecule has 0 saturated carbocycles. The Hall–Kier alpha value is -2.83. The largest absolute Gasteiger partial charge is 0.460 e. The van der Waals surface area contributed by atoms with E-state index in [0.29, 0.717) is 24.0 Å². The standard InChI is InChI=1S/C20H25N5O2/c1-13(2)25-10-8-21-19(25)15-5-4-9-24(12-15)20(26)17-11-16(22-23-17)18-7-6-14(3)27-18/h6-8,10-11,13,15H,4-5,9,12H2,1-3H3,(H,22,23)/t15-/m0/s1. The quantitative estimate of drug-likeness (QED) is 0.761. The molecule has 3 aromatic heterocycles. The van der Waals surface area contributed by atoms with Crippen LogP contribution in [0, 0.1) is 6.92 Å². The summed E-state index contributed by atoms with van der Waals surface area (Å²) in [4.78, 5) is 19.4. The number of H-pyrrole nitrogens is 1. The monoisotopic (exact) mass is 367 g/mol. The van der Waals surface area contributed by atoms with Crippen LogP contribution >= 0.6 is 0 Å². The number of aromatic nitrogens is 4. The van der Waals surface area contributed by atoms with Crippen molar-refractivity contribution in [3.8, 4) is 11.5 Å². The number of carbonyl (C=O) groups is 1. The molecular weight excluding hydrogens is 342 g/mol. The third-order valence-corrected chi connectivity index (χ3v) is 5.13. The zero-order chi connectivity index (χ0) is 19.0. The Kier molecular flexibility index (Phi) is 4.59. The summed E-state index contributed by atoms with van der Waals surface area (Å²) in [6.07, 6.45) is 5.88. The van der Waals surface area contributed by atoms with Crippen LogP contribution in [0.25, 0.3) is 11.5 Å². The molecule has 4 rings (SSSR count). The van der Waals surface area contributed by atoms with Gasteiger partial charge in [0.15, 0.2) is 11.5 Å². The van der Waals surface area contributed by atoms with Gasteiger partial charge in [0.25, 0.3) is 5.91 Å². The van der Waals surface area contributed by atoms with E-state index in [0.717, 1.165) is 36.7 Å². The van der Waals surface area contributed by atoms with E-state index in [1.54, 1.807) is 6.07 Å². The molecule has 142 valence electrons. The van der Waals surface area contributed by atoms with Gasteiger partial charge in [0.2, 0.25) is 0 Å². The molecule has 0 spiro atoms. The second-order valence-electron chi connectivity index (χ2n) is 7.45. The number of furan rings is 1. The Morgan fingerprint density at radius 2 is 2.22 bits per heavy atom. The number of carbonyl (C=O) groups excluding carboxylic acids is 1. The molecule has 1 amide bonds. The number of hydrogen-bond donors (Lipinski definition) is 1. The minimum absolute atomic E-state index is 0.0480. The van der Waals surface area contributed by atoms with Crippen LogP contribution in [0.1, 0.15) is 60.7 Å². The zero-order valence-electron chi connectivity index (χ0n) is 16.0. The van der Waals surface area contributed by atoms with Gasteiger partial charge in [0.05, 0.1) is 0 Å². The summed E-state index contributed by atoms with van der Waals surface area (Å²) in [5, 5.41) is 7.12. The first-order valence-corrected chi connectivity index (χ1v) is 9.47. The molecule has 1 atom stereocenters. The summed E-state index contributed by atoms with van der Waals surface area (Å²) in [6, 6.07) is 5.89. The fraction of sp³-hybridized carbons (Fsp3) is 0.450. The normalized spacial score (nSPS) is 17.6. The topological polar surface area (TPSA) is 80.0 Å². The molecule has 1 fully saturated rings. The number of aryl methyl sites for hydroxylation is 1. The molecule has 0 radical (unpaired) electrons. The minimum atomic E-state index is -0.0480. The van der Waals surface area contributed by atoms with Crippen molar-refractivity contribution < 1.29 is 9.21 Å². The van der Waals surface area contributed by atoms with Gasteiger partial charge in [0, 0.05) is 43.5 Å². The first kappa shape index (κ1) is 17.6. The van der Waals surface area contributed by atoms with E-state index >= 15 is 0 Å². The van der Waals surface area contributed by atoms with E-state index in [2.05, 4.69) is 33.6 Å². The molecule has 0 aromatic carbocycles. The van der Waals surface area contributed by atoms with Crippen molar-refractivity contribution in [1.82, 2.24) is 24.6 Å². The van der Waals surface area contributed by atoms with Crippen LogP contribution in [0.3, 0.4) is 0 Å². The van der Waals surface area contributed by atoms with Gasteiger partial charge in [-0.05, 0) is 45.7 Å². The van der Waals surface area contributed by atoms with Gasteiger partial charge in [-0.2, -0.15) is 5.10 Å². The lowest BCUT2D eigenvalue weighted by Gasteiger charge is -2.32. The number of piperidine rings is 1. The van der Waals surface area contributed by atoms with Crippen LogP contribution < -0.4 is 0 Å². The average molecular weight is 367 g/mol. The number of rotatable bonds is 4. The Morgan fingerprint density at radius 1 is 1.37 bits per heavy atom. The molecule has 4 heterocycles. The van der Waals surface area contributed by atoms with Gasteiger partial charge in [-0.15, -0.1) is 0 Å². The van der Waals surface area contributed by atoms with E-state index in [-0.39, 0.29) is 11.8 Å². The molecule has 7 nitrogen and oxygen atoms in total. The van der Waals surface area contributed by atoms with Crippen LogP contribution in [0.5, 0.6) is 0 Å². The molecule has 7 heteroatoms. The van der Waals surface area contributed by atoms with E-state index in [9.17, 15) is 4.79 Å². The summed E-state index contributed by atoms with van der Waals surface area (Å²) in [5.41, 5.74) is 1.14. The summed E-state index contributed by atoms with van der Waals surface area (Å²) in [5.74, 6) is 2.79. The predicted octanol–water partition coefficient (Wildman–Crippen LogP) is 3.78. The van der Waals surface area contributed by atoms with Crippen molar-refractivity contribution >= 4 is 5.91 Å². The smallest absolute Gasteiger partial charge is 0.274 e. The first-order chi connectivity index (χ1) is 13.0. The fourth-order valence-corrected chi connectivity index (χ4v) is 3.75. The van der Waals surface area contributed by atoms with E-state index < -0.39 is 0 Å². The molecular formula is C20H25N5O2. The highest BCUT2D eigenvalue weighted by molar-refractivity contribution is 5.93. The van der Waals surface area contributed by atoms with Crippen LogP contribution in [0.15, 0.2) is 35.0 Å². The first-order valence-electron chi connectivity index (χ1n) is 9.47. The molecule has 1 saturated heterocycles. The van der Waals surface area contributed by atoms with Gasteiger partial charge in [0.1, 0.15) is 17.3 Å². The predicted molar refractivity (Wildman–Crippen MR) is 102 cm³/mol. The molecule has 1 aliphatic heterocycles. The number of hydrogen-bond acceptors (Lipinski definition) is 4. The molecule has 27 heavy (non-hydrogen) atoms. The third kappa shape index (κ3) is 3.41. The lowest BCUT2D eigenvalue weighted by atomic mass is 9.96. The number of imidazole rings is 1. The SMILES string of the molecule is Cc1ccc(-c2cc(C(=O)N3CCC[C@H](c4nccn4C(C)C)C3)n[nH]2)o1. The maximum atomic E-state index is 13.0. The van der Waals surface area contributed by atoms with Crippen LogP contribution in [-0.2, 0) is 0 Å². The van der Waals surface area contributed by atoms with Crippen LogP contribution in [0.2, 0.25) is 0 Å². The van der Waals surface area contributed by atoms with Crippen molar-refractivity contribution in [3.05, 3.63) is 47.9 Å². The average Bonchev–Trinajstić information content (AvgIpc) is 3.40. The van der Waals surface area contributed by atoms with Gasteiger partial charge >= 0.3 is 0 Å². The van der Waals surface area contributed by atoms with Gasteiger partial charge < -0.3 is 13.9 Å². The number of aromatic amines is 1. The van der Waals surface area contributed by atoms with Gasteiger partial charge in [-0.1, -0.05) is 0 Å².